The fraction of sp³-hybridized carbons (Fsp3) is 0.368. The average molecular weight is 342 g/mol. The van der Waals surface area contributed by atoms with Gasteiger partial charge in [0.15, 0.2) is 0 Å². The van der Waals surface area contributed by atoms with Crippen molar-refractivity contribution in [1.82, 2.24) is 14.9 Å². The molecular weight excluding hydrogens is 322 g/mol. The van der Waals surface area contributed by atoms with E-state index >= 15 is 0 Å². The summed E-state index contributed by atoms with van der Waals surface area (Å²) in [5.74, 6) is 0.831. The van der Waals surface area contributed by atoms with Gasteiger partial charge in [0.05, 0.1) is 22.7 Å². The maximum Gasteiger partial charge on any atom is 0.258 e. The maximum atomic E-state index is 12.8. The van der Waals surface area contributed by atoms with Gasteiger partial charge in [-0.1, -0.05) is 36.4 Å². The Hall–Kier alpha value is -1.91. The highest BCUT2D eigenvalue weighted by atomic mass is 35.5. The van der Waals surface area contributed by atoms with Gasteiger partial charge in [-0.15, -0.1) is 11.6 Å². The monoisotopic (exact) mass is 341 g/mol. The number of benzene rings is 1. The number of halogens is 1. The van der Waals surface area contributed by atoms with E-state index in [1.165, 1.54) is 5.56 Å². The number of alkyl halides is 1. The molecule has 5 heteroatoms. The van der Waals surface area contributed by atoms with Crippen LogP contribution in [0.1, 0.15) is 59.9 Å². The summed E-state index contributed by atoms with van der Waals surface area (Å²) in [7, 11) is 0. The molecular formula is C19H20ClN3O. The van der Waals surface area contributed by atoms with Crippen molar-refractivity contribution in [3.63, 3.8) is 0 Å². The summed E-state index contributed by atoms with van der Waals surface area (Å²) < 4.78 is 1.79. The lowest BCUT2D eigenvalue weighted by atomic mass is 10.0. The first kappa shape index (κ1) is 15.6. The molecule has 2 aromatic rings. The van der Waals surface area contributed by atoms with E-state index in [1.54, 1.807) is 4.57 Å². The third kappa shape index (κ3) is 2.60. The summed E-state index contributed by atoms with van der Waals surface area (Å²) in [5, 5.41) is 3.35. The zero-order valence-corrected chi connectivity index (χ0v) is 14.3. The lowest BCUT2D eigenvalue weighted by molar-refractivity contribution is 0.458. The highest BCUT2D eigenvalue weighted by Crippen LogP contribution is 2.32. The van der Waals surface area contributed by atoms with Crippen LogP contribution in [0, 0.1) is 0 Å². The molecule has 24 heavy (non-hydrogen) atoms. The predicted octanol–water partition coefficient (Wildman–Crippen LogP) is 3.74. The van der Waals surface area contributed by atoms with Gasteiger partial charge in [-0.25, -0.2) is 4.98 Å². The van der Waals surface area contributed by atoms with Crippen molar-refractivity contribution >= 4 is 17.7 Å². The van der Waals surface area contributed by atoms with E-state index in [4.69, 9.17) is 16.6 Å². The Labute approximate surface area is 146 Å². The van der Waals surface area contributed by atoms with Crippen LogP contribution >= 0.6 is 11.6 Å². The number of aromatic nitrogens is 2. The van der Waals surface area contributed by atoms with Crippen LogP contribution in [0.3, 0.4) is 0 Å². The van der Waals surface area contributed by atoms with Gasteiger partial charge in [0.25, 0.3) is 5.56 Å². The molecule has 0 spiro atoms. The minimum atomic E-state index is -0.266. The first-order chi connectivity index (χ1) is 11.6. The lowest BCUT2D eigenvalue weighted by Gasteiger charge is -2.21. The van der Waals surface area contributed by atoms with E-state index in [0.29, 0.717) is 18.5 Å². The Morgan fingerprint density at radius 2 is 2.12 bits per heavy atom. The molecule has 2 aliphatic rings. The number of nitrogens with zero attached hydrogens (tertiary/aromatic N) is 2. The predicted molar refractivity (Wildman–Crippen MR) is 96.1 cm³/mol. The second kappa shape index (κ2) is 6.19. The minimum absolute atomic E-state index is 0.0241. The normalized spacial score (nSPS) is 22.9. The summed E-state index contributed by atoms with van der Waals surface area (Å²) in [6.45, 7) is 2.84. The number of rotatable bonds is 3. The van der Waals surface area contributed by atoms with E-state index in [2.05, 4.69) is 24.4 Å². The van der Waals surface area contributed by atoms with E-state index < -0.39 is 0 Å². The fourth-order valence-electron chi connectivity index (χ4n) is 3.61. The van der Waals surface area contributed by atoms with Crippen LogP contribution in [-0.2, 0) is 6.54 Å². The molecule has 2 heterocycles. The van der Waals surface area contributed by atoms with Crippen LogP contribution in [0.15, 0.2) is 41.2 Å². The second-order valence-electron chi connectivity index (χ2n) is 6.47. The zero-order valence-electron chi connectivity index (χ0n) is 13.6. The summed E-state index contributed by atoms with van der Waals surface area (Å²) >= 11 is 6.33. The molecule has 0 saturated heterocycles. The van der Waals surface area contributed by atoms with Gasteiger partial charge < -0.3 is 5.32 Å². The van der Waals surface area contributed by atoms with Crippen LogP contribution in [0.5, 0.6) is 0 Å². The topological polar surface area (TPSA) is 46.9 Å². The van der Waals surface area contributed by atoms with Crippen molar-refractivity contribution in [2.45, 2.75) is 43.8 Å². The smallest absolute Gasteiger partial charge is 0.258 e. The van der Waals surface area contributed by atoms with Gasteiger partial charge in [0.1, 0.15) is 5.82 Å². The molecule has 1 aromatic carbocycles. The van der Waals surface area contributed by atoms with Crippen LogP contribution in [0.4, 0.5) is 0 Å². The Balaban J connectivity index is 1.67. The standard InChI is InChI=1S/C19H20ClN3O/c1-12(13-6-3-2-4-7-13)21-16-10-11-23-18(16)22-15-9-5-8-14(20)17(15)19(23)24/h2-7,9,12,14,16,21H,8,10-11H2,1H3. The van der Waals surface area contributed by atoms with Gasteiger partial charge in [-0.05, 0) is 31.4 Å². The van der Waals surface area contributed by atoms with Crippen molar-refractivity contribution in [2.24, 2.45) is 0 Å². The molecule has 4 nitrogen and oxygen atoms in total. The largest absolute Gasteiger partial charge is 0.301 e. The number of hydrogen-bond acceptors (Lipinski definition) is 3. The third-order valence-corrected chi connectivity index (χ3v) is 5.30. The van der Waals surface area contributed by atoms with Crippen molar-refractivity contribution in [2.75, 3.05) is 0 Å². The highest BCUT2D eigenvalue weighted by molar-refractivity contribution is 6.21. The van der Waals surface area contributed by atoms with E-state index in [-0.39, 0.29) is 23.0 Å². The Kier molecular flexibility index (Phi) is 4.02. The van der Waals surface area contributed by atoms with Gasteiger partial charge in [0.2, 0.25) is 0 Å². The number of allylic oxidation sites excluding steroid dienone is 1. The summed E-state index contributed by atoms with van der Waals surface area (Å²) in [6.07, 6.45) is 5.48. The van der Waals surface area contributed by atoms with Crippen molar-refractivity contribution in [3.8, 4) is 0 Å². The number of fused-ring (bicyclic) bond motifs is 2. The lowest BCUT2D eigenvalue weighted by Crippen LogP contribution is -2.30. The Morgan fingerprint density at radius 1 is 1.33 bits per heavy atom. The quantitative estimate of drug-likeness (QED) is 0.865. The summed E-state index contributed by atoms with van der Waals surface area (Å²) in [6, 6.07) is 10.6. The molecule has 3 unspecified atom stereocenters. The third-order valence-electron chi connectivity index (χ3n) is 4.90. The molecule has 124 valence electrons. The zero-order chi connectivity index (χ0) is 16.7. The molecule has 1 aliphatic carbocycles. The molecule has 0 saturated carbocycles. The van der Waals surface area contributed by atoms with E-state index in [0.717, 1.165) is 17.9 Å². The first-order valence-electron chi connectivity index (χ1n) is 8.41. The van der Waals surface area contributed by atoms with Crippen LogP contribution < -0.4 is 10.9 Å². The van der Waals surface area contributed by atoms with Gasteiger partial charge >= 0.3 is 0 Å². The van der Waals surface area contributed by atoms with Crippen LogP contribution in [0.25, 0.3) is 6.08 Å². The highest BCUT2D eigenvalue weighted by Gasteiger charge is 2.31. The molecule has 3 atom stereocenters. The molecule has 1 N–H and O–H groups in total. The Bertz CT molecular complexity index is 844. The van der Waals surface area contributed by atoms with Gasteiger partial charge in [-0.2, -0.15) is 0 Å². The van der Waals surface area contributed by atoms with Crippen LogP contribution in [-0.4, -0.2) is 9.55 Å². The number of hydrogen-bond donors (Lipinski definition) is 1. The summed E-state index contributed by atoms with van der Waals surface area (Å²) in [5.41, 5.74) is 2.64. The molecule has 4 rings (SSSR count). The first-order valence-corrected chi connectivity index (χ1v) is 8.85. The van der Waals surface area contributed by atoms with Crippen molar-refractivity contribution < 1.29 is 0 Å². The van der Waals surface area contributed by atoms with E-state index in [9.17, 15) is 4.79 Å². The molecule has 0 amide bonds. The van der Waals surface area contributed by atoms with Crippen molar-refractivity contribution in [3.05, 3.63) is 69.4 Å². The van der Waals surface area contributed by atoms with E-state index in [1.807, 2.05) is 30.4 Å². The maximum absolute atomic E-state index is 12.8. The average Bonchev–Trinajstić information content (AvgIpc) is 2.99. The van der Waals surface area contributed by atoms with Gasteiger partial charge in [-0.3, -0.25) is 9.36 Å². The second-order valence-corrected chi connectivity index (χ2v) is 7.00. The molecule has 1 aromatic heterocycles. The molecule has 0 bridgehead atoms. The van der Waals surface area contributed by atoms with Crippen LogP contribution in [0.2, 0.25) is 0 Å². The molecule has 0 radical (unpaired) electrons. The van der Waals surface area contributed by atoms with Gasteiger partial charge in [0, 0.05) is 12.6 Å². The summed E-state index contributed by atoms with van der Waals surface area (Å²) in [4.78, 5) is 17.6. The SMILES string of the molecule is CC(NC1CCn2c1nc1c(c2=O)C(Cl)CC=C1)c1ccccc1. The molecule has 0 fully saturated rings. The molecule has 1 aliphatic heterocycles. The minimum Gasteiger partial charge on any atom is -0.301 e. The van der Waals surface area contributed by atoms with Crippen molar-refractivity contribution in [1.29, 1.82) is 0 Å². The fourth-order valence-corrected chi connectivity index (χ4v) is 3.92. The Morgan fingerprint density at radius 3 is 2.92 bits per heavy atom. The number of nitrogens with one attached hydrogen (secondary N) is 1.